The summed E-state index contributed by atoms with van der Waals surface area (Å²) < 4.78 is 29.6. The van der Waals surface area contributed by atoms with Crippen molar-refractivity contribution in [2.45, 2.75) is 0 Å². The number of hydrogen-bond donors (Lipinski definition) is 1. The molecule has 2 aromatic rings. The maximum absolute atomic E-state index is 13.5. The summed E-state index contributed by atoms with van der Waals surface area (Å²) in [7, 11) is 3.05. The van der Waals surface area contributed by atoms with Gasteiger partial charge in [0.05, 0.1) is 38.7 Å². The Balaban J connectivity index is 1.67. The van der Waals surface area contributed by atoms with Crippen molar-refractivity contribution in [2.24, 2.45) is 0 Å². The first kappa shape index (κ1) is 22.8. The number of nitrogens with zero attached hydrogens (tertiary/aromatic N) is 2. The molecule has 2 aromatic carbocycles. The Hall–Kier alpha value is -3.43. The number of methoxy groups -OCH3 is 2. The third kappa shape index (κ3) is 4.84. The average molecular weight is 455 g/mol. The third-order valence-electron chi connectivity index (χ3n) is 5.71. The van der Waals surface area contributed by atoms with Gasteiger partial charge < -0.3 is 19.5 Å². The summed E-state index contributed by atoms with van der Waals surface area (Å²) in [5, 5.41) is 3.08. The lowest BCUT2D eigenvalue weighted by Gasteiger charge is -2.28. The van der Waals surface area contributed by atoms with Crippen molar-refractivity contribution in [2.75, 3.05) is 58.9 Å². The molecule has 1 fully saturated rings. The Morgan fingerprint density at radius 3 is 2.36 bits per heavy atom. The van der Waals surface area contributed by atoms with Gasteiger partial charge in [-0.1, -0.05) is 12.1 Å². The highest BCUT2D eigenvalue weighted by atomic mass is 19.1. The minimum absolute atomic E-state index is 0.111. The van der Waals surface area contributed by atoms with Crippen molar-refractivity contribution in [1.82, 2.24) is 9.80 Å². The summed E-state index contributed by atoms with van der Waals surface area (Å²) in [5.41, 5.74) is 1.22. The fourth-order valence-electron chi connectivity index (χ4n) is 3.89. The second kappa shape index (κ2) is 10.0. The van der Waals surface area contributed by atoms with Crippen molar-refractivity contribution < 1.29 is 28.2 Å². The molecule has 0 aromatic heterocycles. The molecular weight excluding hydrogens is 429 g/mol. The van der Waals surface area contributed by atoms with Gasteiger partial charge in [-0.15, -0.1) is 0 Å². The highest BCUT2D eigenvalue weighted by Gasteiger charge is 2.39. The smallest absolute Gasteiger partial charge is 0.278 e. The molecule has 8 nitrogen and oxygen atoms in total. The number of benzene rings is 2. The second-order valence-electron chi connectivity index (χ2n) is 7.66. The molecule has 0 radical (unpaired) electrons. The van der Waals surface area contributed by atoms with Crippen LogP contribution in [0.5, 0.6) is 11.5 Å². The Morgan fingerprint density at radius 1 is 0.970 bits per heavy atom. The minimum atomic E-state index is -0.447. The number of nitrogens with one attached hydrogen (secondary N) is 1. The Morgan fingerprint density at radius 2 is 1.70 bits per heavy atom. The van der Waals surface area contributed by atoms with Gasteiger partial charge in [0.1, 0.15) is 23.0 Å². The number of anilines is 1. The van der Waals surface area contributed by atoms with Gasteiger partial charge in [0, 0.05) is 32.2 Å². The van der Waals surface area contributed by atoms with Crippen LogP contribution in [0.3, 0.4) is 0 Å². The van der Waals surface area contributed by atoms with Crippen LogP contribution in [0, 0.1) is 5.82 Å². The van der Waals surface area contributed by atoms with Crippen LogP contribution in [0.15, 0.2) is 48.2 Å². The third-order valence-corrected chi connectivity index (χ3v) is 5.71. The zero-order chi connectivity index (χ0) is 23.4. The first-order valence-corrected chi connectivity index (χ1v) is 10.7. The molecule has 0 aliphatic carbocycles. The number of imide groups is 1. The maximum atomic E-state index is 13.5. The molecule has 0 atom stereocenters. The van der Waals surface area contributed by atoms with Crippen molar-refractivity contribution in [1.29, 1.82) is 0 Å². The van der Waals surface area contributed by atoms with E-state index < -0.39 is 17.6 Å². The quantitative estimate of drug-likeness (QED) is 0.612. The van der Waals surface area contributed by atoms with E-state index in [1.165, 1.54) is 43.4 Å². The monoisotopic (exact) mass is 455 g/mol. The molecule has 2 aliphatic heterocycles. The molecule has 2 aliphatic rings. The molecule has 2 amide bonds. The first-order valence-electron chi connectivity index (χ1n) is 10.7. The second-order valence-corrected chi connectivity index (χ2v) is 7.66. The molecule has 0 saturated carbocycles. The Bertz CT molecular complexity index is 1060. The van der Waals surface area contributed by atoms with Gasteiger partial charge in [-0.3, -0.25) is 19.4 Å². The van der Waals surface area contributed by atoms with Gasteiger partial charge >= 0.3 is 0 Å². The fraction of sp³-hybridized carbons (Fsp3) is 0.333. The zero-order valence-corrected chi connectivity index (χ0v) is 18.6. The van der Waals surface area contributed by atoms with Crippen molar-refractivity contribution in [3.8, 4) is 11.5 Å². The number of rotatable bonds is 8. The number of amides is 2. The van der Waals surface area contributed by atoms with Crippen LogP contribution in [-0.2, 0) is 14.3 Å². The lowest BCUT2D eigenvalue weighted by molar-refractivity contribution is -0.137. The largest absolute Gasteiger partial charge is 0.497 e. The number of carbonyl (C=O) groups is 2. The predicted octanol–water partition coefficient (Wildman–Crippen LogP) is 2.37. The van der Waals surface area contributed by atoms with E-state index in [0.717, 1.165) is 13.1 Å². The molecule has 2 heterocycles. The maximum Gasteiger partial charge on any atom is 0.278 e. The topological polar surface area (TPSA) is 80.3 Å². The molecule has 0 bridgehead atoms. The number of morpholine rings is 1. The summed E-state index contributed by atoms with van der Waals surface area (Å²) in [4.78, 5) is 30.1. The van der Waals surface area contributed by atoms with Crippen LogP contribution in [0.4, 0.5) is 10.1 Å². The molecule has 4 rings (SSSR count). The number of carbonyl (C=O) groups excluding carboxylic acids is 2. The standard InChI is InChI=1S/C24H26FN3O5/c1-31-18-7-8-20(32-2)19(15-18)26-22-21(16-3-5-17(25)6-4-16)23(29)28(24(22)30)10-9-27-11-13-33-14-12-27/h3-8,15,26H,9-14H2,1-2H3. The van der Waals surface area contributed by atoms with E-state index in [-0.39, 0.29) is 17.8 Å². The van der Waals surface area contributed by atoms with Gasteiger partial charge in [0.15, 0.2) is 0 Å². The van der Waals surface area contributed by atoms with Crippen molar-refractivity contribution in [3.05, 3.63) is 59.5 Å². The van der Waals surface area contributed by atoms with Crippen LogP contribution in [0.25, 0.3) is 5.57 Å². The van der Waals surface area contributed by atoms with Crippen molar-refractivity contribution >= 4 is 23.1 Å². The number of halogens is 1. The Labute approximate surface area is 191 Å². The van der Waals surface area contributed by atoms with Crippen LogP contribution < -0.4 is 14.8 Å². The molecule has 33 heavy (non-hydrogen) atoms. The van der Waals surface area contributed by atoms with Crippen LogP contribution in [-0.4, -0.2) is 75.2 Å². The predicted molar refractivity (Wildman–Crippen MR) is 120 cm³/mol. The normalized spacial score (nSPS) is 17.0. The van der Waals surface area contributed by atoms with Gasteiger partial charge in [0.25, 0.3) is 11.8 Å². The summed E-state index contributed by atoms with van der Waals surface area (Å²) >= 11 is 0. The molecule has 1 N–H and O–H groups in total. The van der Waals surface area contributed by atoms with E-state index >= 15 is 0 Å². The molecular formula is C24H26FN3O5. The molecule has 174 valence electrons. The summed E-state index contributed by atoms with van der Waals surface area (Å²) in [5.74, 6) is -0.261. The lowest BCUT2D eigenvalue weighted by atomic mass is 10.0. The van der Waals surface area contributed by atoms with E-state index in [4.69, 9.17) is 14.2 Å². The van der Waals surface area contributed by atoms with Gasteiger partial charge in [-0.2, -0.15) is 0 Å². The van der Waals surface area contributed by atoms with Crippen LogP contribution in [0.2, 0.25) is 0 Å². The molecule has 0 spiro atoms. The summed E-state index contributed by atoms with van der Waals surface area (Å²) in [6, 6.07) is 10.6. The van der Waals surface area contributed by atoms with Gasteiger partial charge in [-0.25, -0.2) is 4.39 Å². The van der Waals surface area contributed by atoms with E-state index in [2.05, 4.69) is 10.2 Å². The average Bonchev–Trinajstić information content (AvgIpc) is 3.07. The first-order chi connectivity index (χ1) is 16.0. The zero-order valence-electron chi connectivity index (χ0n) is 18.6. The van der Waals surface area contributed by atoms with E-state index in [0.29, 0.717) is 42.5 Å². The van der Waals surface area contributed by atoms with E-state index in [1.54, 1.807) is 18.2 Å². The molecule has 9 heteroatoms. The molecule has 0 unspecified atom stereocenters. The fourth-order valence-corrected chi connectivity index (χ4v) is 3.89. The number of hydrogen-bond acceptors (Lipinski definition) is 7. The number of ether oxygens (including phenoxy) is 3. The minimum Gasteiger partial charge on any atom is -0.497 e. The van der Waals surface area contributed by atoms with Crippen molar-refractivity contribution in [3.63, 3.8) is 0 Å². The van der Waals surface area contributed by atoms with E-state index in [9.17, 15) is 14.0 Å². The van der Waals surface area contributed by atoms with Crippen LogP contribution in [0.1, 0.15) is 5.56 Å². The SMILES string of the molecule is COc1ccc(OC)c(NC2=C(c3ccc(F)cc3)C(=O)N(CCN3CCOCC3)C2=O)c1. The van der Waals surface area contributed by atoms with Gasteiger partial charge in [-0.05, 0) is 29.8 Å². The summed E-state index contributed by atoms with van der Waals surface area (Å²) in [6.45, 7) is 3.55. The Kier molecular flexibility index (Phi) is 6.90. The summed E-state index contributed by atoms with van der Waals surface area (Å²) in [6.07, 6.45) is 0. The van der Waals surface area contributed by atoms with Gasteiger partial charge in [0.2, 0.25) is 0 Å². The molecule has 1 saturated heterocycles. The van der Waals surface area contributed by atoms with E-state index in [1.807, 2.05) is 0 Å². The highest BCUT2D eigenvalue weighted by molar-refractivity contribution is 6.36. The highest BCUT2D eigenvalue weighted by Crippen LogP contribution is 2.35. The lowest BCUT2D eigenvalue weighted by Crippen LogP contribution is -2.43. The van der Waals surface area contributed by atoms with Crippen LogP contribution >= 0.6 is 0 Å².